The second-order valence-electron chi connectivity index (χ2n) is 2.87. The molecule has 2 aliphatic rings. The Morgan fingerprint density at radius 1 is 1.38 bits per heavy atom. The predicted molar refractivity (Wildman–Crippen MR) is 34.2 cm³/mol. The Kier molecular flexibility index (Phi) is 0.893. The molecule has 1 aliphatic carbocycles. The van der Waals surface area contributed by atoms with Gasteiger partial charge in [0.15, 0.2) is 0 Å². The Morgan fingerprint density at radius 2 is 2.38 bits per heavy atom. The number of fused-ring (bicyclic) bond motifs is 1. The molecule has 2 rings (SSSR count). The lowest BCUT2D eigenvalue weighted by Gasteiger charge is -2.02. The van der Waals surface area contributed by atoms with Gasteiger partial charge in [0.1, 0.15) is 0 Å². The van der Waals surface area contributed by atoms with E-state index in [1.807, 2.05) is 0 Å². The number of rotatable bonds is 0. The molecule has 0 N–H and O–H groups in total. The molecule has 0 unspecified atom stereocenters. The van der Waals surface area contributed by atoms with Gasteiger partial charge in [0.25, 0.3) is 0 Å². The molecule has 1 heterocycles. The lowest BCUT2D eigenvalue weighted by atomic mass is 10.0. The second kappa shape index (κ2) is 1.57. The summed E-state index contributed by atoms with van der Waals surface area (Å²) in [5.74, 6) is 1.84. The van der Waals surface area contributed by atoms with Crippen LogP contribution in [0.4, 0.5) is 0 Å². The van der Waals surface area contributed by atoms with Crippen LogP contribution in [-0.2, 0) is 0 Å². The number of nitrogens with zero attached hydrogens (tertiary/aromatic N) is 1. The van der Waals surface area contributed by atoms with Crippen LogP contribution >= 0.6 is 0 Å². The van der Waals surface area contributed by atoms with Crippen molar-refractivity contribution >= 4 is 6.21 Å². The van der Waals surface area contributed by atoms with Crippen LogP contribution in [0.2, 0.25) is 0 Å². The highest BCUT2D eigenvalue weighted by atomic mass is 14.8. The highest BCUT2D eigenvalue weighted by Gasteiger charge is 2.28. The molecule has 1 saturated carbocycles. The van der Waals surface area contributed by atoms with Crippen LogP contribution in [-0.4, -0.2) is 12.8 Å². The van der Waals surface area contributed by atoms with Crippen LogP contribution in [0.3, 0.4) is 0 Å². The lowest BCUT2D eigenvalue weighted by Crippen LogP contribution is -2.03. The van der Waals surface area contributed by atoms with Crippen molar-refractivity contribution in [2.45, 2.75) is 19.3 Å². The third kappa shape index (κ3) is 0.504. The maximum absolute atomic E-state index is 4.24. The SMILES string of the molecule is C1=NC[C@@H]2CCC[C@H]12. The van der Waals surface area contributed by atoms with Crippen molar-refractivity contribution in [3.63, 3.8) is 0 Å². The first-order chi connectivity index (χ1) is 3.97. The average molecular weight is 109 g/mol. The largest absolute Gasteiger partial charge is 0.297 e. The molecular weight excluding hydrogens is 98.1 g/mol. The molecule has 0 aromatic heterocycles. The molecule has 0 bridgehead atoms. The van der Waals surface area contributed by atoms with Gasteiger partial charge in [0.2, 0.25) is 0 Å². The Labute approximate surface area is 49.8 Å². The minimum Gasteiger partial charge on any atom is -0.297 e. The number of hydrogen-bond donors (Lipinski definition) is 0. The standard InChI is InChI=1S/C7H11N/c1-2-6-4-8-5-7(6)3-1/h4,6-7H,1-3,5H2/t6-,7+/m1/s1. The second-order valence-corrected chi connectivity index (χ2v) is 2.87. The molecule has 0 amide bonds. The molecule has 1 nitrogen and oxygen atoms in total. The summed E-state index contributed by atoms with van der Waals surface area (Å²) < 4.78 is 0. The minimum absolute atomic E-state index is 0.884. The zero-order valence-electron chi connectivity index (χ0n) is 5.01. The van der Waals surface area contributed by atoms with E-state index < -0.39 is 0 Å². The highest BCUT2D eigenvalue weighted by molar-refractivity contribution is 5.63. The maximum atomic E-state index is 4.24. The third-order valence-corrected chi connectivity index (χ3v) is 2.35. The Hall–Kier alpha value is -0.330. The molecule has 0 radical (unpaired) electrons. The van der Waals surface area contributed by atoms with Gasteiger partial charge in [-0.3, -0.25) is 4.99 Å². The lowest BCUT2D eigenvalue weighted by molar-refractivity contribution is 0.534. The van der Waals surface area contributed by atoms with Gasteiger partial charge >= 0.3 is 0 Å². The fraction of sp³-hybridized carbons (Fsp3) is 0.857. The van der Waals surface area contributed by atoms with Crippen LogP contribution in [0, 0.1) is 11.8 Å². The van der Waals surface area contributed by atoms with E-state index in [2.05, 4.69) is 11.2 Å². The molecule has 0 aromatic carbocycles. The van der Waals surface area contributed by atoms with E-state index >= 15 is 0 Å². The van der Waals surface area contributed by atoms with Gasteiger partial charge in [-0.15, -0.1) is 0 Å². The van der Waals surface area contributed by atoms with Crippen molar-refractivity contribution in [2.24, 2.45) is 16.8 Å². The smallest absolute Gasteiger partial charge is 0.0419 e. The summed E-state index contributed by atoms with van der Waals surface area (Å²) in [6.45, 7) is 1.13. The van der Waals surface area contributed by atoms with Crippen molar-refractivity contribution in [3.8, 4) is 0 Å². The first-order valence-corrected chi connectivity index (χ1v) is 3.47. The number of hydrogen-bond acceptors (Lipinski definition) is 1. The van der Waals surface area contributed by atoms with Crippen molar-refractivity contribution in [2.75, 3.05) is 6.54 Å². The molecule has 8 heavy (non-hydrogen) atoms. The topological polar surface area (TPSA) is 12.4 Å². The summed E-state index contributed by atoms with van der Waals surface area (Å²) in [6.07, 6.45) is 6.46. The van der Waals surface area contributed by atoms with Gasteiger partial charge in [-0.1, -0.05) is 6.42 Å². The first kappa shape index (κ1) is 4.54. The molecule has 1 heteroatoms. The van der Waals surface area contributed by atoms with Crippen LogP contribution in [0.1, 0.15) is 19.3 Å². The summed E-state index contributed by atoms with van der Waals surface area (Å²) in [7, 11) is 0. The van der Waals surface area contributed by atoms with Crippen LogP contribution in [0.5, 0.6) is 0 Å². The molecule has 1 fully saturated rings. The molecule has 44 valence electrons. The zero-order valence-corrected chi connectivity index (χ0v) is 5.01. The van der Waals surface area contributed by atoms with Crippen molar-refractivity contribution in [1.29, 1.82) is 0 Å². The van der Waals surface area contributed by atoms with Crippen LogP contribution in [0.25, 0.3) is 0 Å². The van der Waals surface area contributed by atoms with Gasteiger partial charge < -0.3 is 0 Å². The van der Waals surface area contributed by atoms with Crippen molar-refractivity contribution in [3.05, 3.63) is 0 Å². The van der Waals surface area contributed by atoms with E-state index in [-0.39, 0.29) is 0 Å². The van der Waals surface area contributed by atoms with Gasteiger partial charge in [-0.05, 0) is 24.7 Å². The predicted octanol–water partition coefficient (Wildman–Crippen LogP) is 1.49. The first-order valence-electron chi connectivity index (χ1n) is 3.47. The fourth-order valence-corrected chi connectivity index (χ4v) is 1.82. The quantitative estimate of drug-likeness (QED) is 0.447. The van der Waals surface area contributed by atoms with Crippen molar-refractivity contribution < 1.29 is 0 Å². The van der Waals surface area contributed by atoms with E-state index in [0.717, 1.165) is 18.4 Å². The van der Waals surface area contributed by atoms with E-state index in [1.54, 1.807) is 0 Å². The average Bonchev–Trinajstić information content (AvgIpc) is 2.15. The molecule has 0 saturated heterocycles. The summed E-state index contributed by atoms with van der Waals surface area (Å²) in [5.41, 5.74) is 0. The van der Waals surface area contributed by atoms with E-state index in [9.17, 15) is 0 Å². The summed E-state index contributed by atoms with van der Waals surface area (Å²) >= 11 is 0. The van der Waals surface area contributed by atoms with Gasteiger partial charge in [-0.25, -0.2) is 0 Å². The van der Waals surface area contributed by atoms with E-state index in [4.69, 9.17) is 0 Å². The normalized spacial score (nSPS) is 43.0. The molecular formula is C7H11N. The Morgan fingerprint density at radius 3 is 3.25 bits per heavy atom. The van der Waals surface area contributed by atoms with Gasteiger partial charge in [0.05, 0.1) is 0 Å². The van der Waals surface area contributed by atoms with Gasteiger partial charge in [-0.2, -0.15) is 0 Å². The highest BCUT2D eigenvalue weighted by Crippen LogP contribution is 2.33. The van der Waals surface area contributed by atoms with E-state index in [0.29, 0.717) is 0 Å². The molecule has 2 atom stereocenters. The van der Waals surface area contributed by atoms with Crippen molar-refractivity contribution in [1.82, 2.24) is 0 Å². The van der Waals surface area contributed by atoms with Gasteiger partial charge in [0, 0.05) is 12.8 Å². The molecule has 1 aliphatic heterocycles. The van der Waals surface area contributed by atoms with Crippen LogP contribution < -0.4 is 0 Å². The summed E-state index contributed by atoms with van der Waals surface area (Å²) in [5, 5.41) is 0. The monoisotopic (exact) mass is 109 g/mol. The third-order valence-electron chi connectivity index (χ3n) is 2.35. The zero-order chi connectivity index (χ0) is 5.40. The minimum atomic E-state index is 0.884. The van der Waals surface area contributed by atoms with Crippen LogP contribution in [0.15, 0.2) is 4.99 Å². The molecule has 0 spiro atoms. The Balaban J connectivity index is 2.13. The summed E-state index contributed by atoms with van der Waals surface area (Å²) in [4.78, 5) is 4.24. The number of aliphatic imine (C=N–C) groups is 1. The molecule has 0 aromatic rings. The van der Waals surface area contributed by atoms with E-state index in [1.165, 1.54) is 19.3 Å². The Bertz CT molecular complexity index is 118. The summed E-state index contributed by atoms with van der Waals surface area (Å²) in [6, 6.07) is 0. The fourth-order valence-electron chi connectivity index (χ4n) is 1.82. The maximum Gasteiger partial charge on any atom is 0.0419 e.